The van der Waals surface area contributed by atoms with Crippen molar-refractivity contribution >= 4 is 28.2 Å². The van der Waals surface area contributed by atoms with Gasteiger partial charge in [0.25, 0.3) is 5.69 Å². The lowest BCUT2D eigenvalue weighted by Gasteiger charge is -2.07. The van der Waals surface area contributed by atoms with Gasteiger partial charge in [-0.3, -0.25) is 4.79 Å². The van der Waals surface area contributed by atoms with Crippen molar-refractivity contribution in [2.24, 2.45) is 0 Å². The van der Waals surface area contributed by atoms with Crippen LogP contribution in [0.25, 0.3) is 22.2 Å². The molecule has 1 aromatic heterocycles. The Hall–Kier alpha value is -3.16. The van der Waals surface area contributed by atoms with Crippen molar-refractivity contribution < 1.29 is 23.1 Å². The Kier molecular flexibility index (Phi) is 3.18. The minimum atomic E-state index is -4.47. The lowest BCUT2D eigenvalue weighted by atomic mass is 10.0. The molecule has 1 aliphatic heterocycles. The van der Waals surface area contributed by atoms with Crippen molar-refractivity contribution in [2.45, 2.75) is 12.6 Å². The third-order valence-electron chi connectivity index (χ3n) is 4.25. The highest BCUT2D eigenvalue weighted by Crippen LogP contribution is 2.40. The highest BCUT2D eigenvalue weighted by atomic mass is 19.4. The van der Waals surface area contributed by atoms with Gasteiger partial charge in [0.15, 0.2) is 0 Å². The number of benzene rings is 2. The second-order valence-electron chi connectivity index (χ2n) is 5.82. The van der Waals surface area contributed by atoms with E-state index in [0.29, 0.717) is 33.4 Å². The summed E-state index contributed by atoms with van der Waals surface area (Å²) < 4.78 is 39.0. The van der Waals surface area contributed by atoms with Crippen LogP contribution in [0.1, 0.15) is 11.1 Å². The van der Waals surface area contributed by atoms with E-state index in [1.165, 1.54) is 12.1 Å². The average molecular weight is 346 g/mol. The number of anilines is 1. The fourth-order valence-electron chi connectivity index (χ4n) is 3.12. The molecule has 2 aromatic carbocycles. The molecule has 1 amide bonds. The van der Waals surface area contributed by atoms with Crippen LogP contribution in [0.15, 0.2) is 36.4 Å². The van der Waals surface area contributed by atoms with Gasteiger partial charge in [-0.1, -0.05) is 0 Å². The topological polar surface area (TPSA) is 75.9 Å². The summed E-state index contributed by atoms with van der Waals surface area (Å²) in [6.07, 6.45) is -4.53. The van der Waals surface area contributed by atoms with E-state index in [2.05, 4.69) is 10.3 Å². The van der Waals surface area contributed by atoms with Crippen LogP contribution >= 0.6 is 0 Å². The lowest BCUT2D eigenvalue weighted by Crippen LogP contribution is -2.55. The van der Waals surface area contributed by atoms with E-state index in [9.17, 15) is 22.9 Å². The number of hydrogen-bond donors (Lipinski definition) is 3. The molecule has 0 bridgehead atoms. The molecular formula is C17H11F3N3O2+. The number of rotatable bonds is 1. The molecule has 4 rings (SSSR count). The normalized spacial score (nSPS) is 13.8. The maximum absolute atomic E-state index is 13.0. The predicted octanol–water partition coefficient (Wildman–Crippen LogP) is 2.83. The first-order valence-electron chi connectivity index (χ1n) is 7.41. The zero-order chi connectivity index (χ0) is 17.8. The van der Waals surface area contributed by atoms with Crippen LogP contribution in [0.4, 0.5) is 24.5 Å². The van der Waals surface area contributed by atoms with Crippen molar-refractivity contribution in [1.82, 2.24) is 4.98 Å². The summed E-state index contributed by atoms with van der Waals surface area (Å²) in [6, 6.07) is 8.02. The highest BCUT2D eigenvalue weighted by molar-refractivity contribution is 6.05. The second-order valence-corrected chi connectivity index (χ2v) is 5.82. The maximum atomic E-state index is 13.0. The van der Waals surface area contributed by atoms with Gasteiger partial charge in [-0.2, -0.15) is 13.2 Å². The summed E-state index contributed by atoms with van der Waals surface area (Å²) in [6.45, 7) is 0. The standard InChI is InChI=1S/C17H10F3N3O2/c18-17(19,20)8-1-3-13-10(5-8)11-7-15(24)21-14-4-2-9(23-25)6-12(14)16(11)22-13/h1-6,22H,7H2,(H,21,24)/p+1. The molecular weight excluding hydrogens is 335 g/mol. The van der Waals surface area contributed by atoms with Gasteiger partial charge >= 0.3 is 6.18 Å². The molecule has 0 radical (unpaired) electrons. The van der Waals surface area contributed by atoms with E-state index in [1.807, 2.05) is 0 Å². The van der Waals surface area contributed by atoms with Gasteiger partial charge in [0.1, 0.15) is 0 Å². The molecule has 0 unspecified atom stereocenters. The third kappa shape index (κ3) is 2.46. The SMILES string of the molecule is O=[NH+]c1ccc2c(c1)-c1[nH]c3ccc(C(F)(F)F)cc3c1CC(=O)N2. The van der Waals surface area contributed by atoms with Crippen LogP contribution in [0.3, 0.4) is 0 Å². The maximum Gasteiger partial charge on any atom is 0.416 e. The number of aromatic nitrogens is 1. The molecule has 1 aliphatic rings. The molecule has 2 heterocycles. The average Bonchev–Trinajstić information content (AvgIpc) is 2.85. The number of nitroso groups, excluding NO2 is 1. The van der Waals surface area contributed by atoms with Crippen molar-refractivity contribution in [3.63, 3.8) is 0 Å². The van der Waals surface area contributed by atoms with Gasteiger partial charge in [-0.05, 0) is 29.8 Å². The van der Waals surface area contributed by atoms with Crippen LogP contribution in [0.5, 0.6) is 0 Å². The van der Waals surface area contributed by atoms with Crippen LogP contribution in [-0.2, 0) is 17.4 Å². The number of carbonyl (C=O) groups is 1. The molecule has 126 valence electrons. The molecule has 0 atom stereocenters. The van der Waals surface area contributed by atoms with Gasteiger partial charge in [-0.15, -0.1) is 0 Å². The Morgan fingerprint density at radius 3 is 2.60 bits per heavy atom. The number of halogens is 3. The monoisotopic (exact) mass is 346 g/mol. The fraction of sp³-hybridized carbons (Fsp3) is 0.118. The van der Waals surface area contributed by atoms with Crippen LogP contribution in [0.2, 0.25) is 0 Å². The summed E-state index contributed by atoms with van der Waals surface area (Å²) >= 11 is 0. The van der Waals surface area contributed by atoms with E-state index in [1.54, 1.807) is 17.3 Å². The van der Waals surface area contributed by atoms with E-state index >= 15 is 0 Å². The molecule has 0 spiro atoms. The Morgan fingerprint density at radius 1 is 1.08 bits per heavy atom. The van der Waals surface area contributed by atoms with Crippen molar-refractivity contribution in [3.8, 4) is 11.3 Å². The number of amides is 1. The van der Waals surface area contributed by atoms with E-state index < -0.39 is 11.7 Å². The van der Waals surface area contributed by atoms with Crippen LogP contribution in [-0.4, -0.2) is 10.9 Å². The zero-order valence-corrected chi connectivity index (χ0v) is 12.6. The van der Waals surface area contributed by atoms with E-state index in [-0.39, 0.29) is 18.0 Å². The summed E-state index contributed by atoms with van der Waals surface area (Å²) in [7, 11) is 0. The second kappa shape index (κ2) is 5.17. The molecule has 3 N–H and O–H groups in total. The van der Waals surface area contributed by atoms with Gasteiger partial charge in [0.2, 0.25) is 5.91 Å². The molecule has 8 heteroatoms. The minimum absolute atomic E-state index is 0.0640. The fourth-order valence-corrected chi connectivity index (χ4v) is 3.12. The Morgan fingerprint density at radius 2 is 1.88 bits per heavy atom. The first kappa shape index (κ1) is 15.4. The quantitative estimate of drug-likeness (QED) is 0.634. The number of alkyl halides is 3. The lowest BCUT2D eigenvalue weighted by molar-refractivity contribution is -0.379. The molecule has 0 aliphatic carbocycles. The molecule has 25 heavy (non-hydrogen) atoms. The van der Waals surface area contributed by atoms with Crippen LogP contribution in [0, 0.1) is 4.91 Å². The molecule has 3 aromatic rings. The van der Waals surface area contributed by atoms with Gasteiger partial charge in [0, 0.05) is 38.7 Å². The summed E-state index contributed by atoms with van der Waals surface area (Å²) in [5.41, 5.74) is 2.05. The third-order valence-corrected chi connectivity index (χ3v) is 4.25. The Bertz CT molecular complexity index is 1040. The number of aromatic amines is 1. The molecule has 0 fully saturated rings. The van der Waals surface area contributed by atoms with E-state index in [0.717, 1.165) is 12.1 Å². The van der Waals surface area contributed by atoms with Crippen molar-refractivity contribution in [2.75, 3.05) is 5.32 Å². The zero-order valence-electron chi connectivity index (χ0n) is 12.6. The summed E-state index contributed by atoms with van der Waals surface area (Å²) in [5, 5.41) is 4.82. The number of H-pyrrole nitrogens is 1. The molecule has 0 saturated carbocycles. The predicted molar refractivity (Wildman–Crippen MR) is 85.1 cm³/mol. The molecule has 0 saturated heterocycles. The first-order valence-corrected chi connectivity index (χ1v) is 7.41. The largest absolute Gasteiger partial charge is 0.416 e. The van der Waals surface area contributed by atoms with E-state index in [4.69, 9.17) is 0 Å². The van der Waals surface area contributed by atoms with Crippen LogP contribution < -0.4 is 10.5 Å². The number of hydrogen-bond acceptors (Lipinski definition) is 2. The summed E-state index contributed by atoms with van der Waals surface area (Å²) in [5.74, 6) is -0.332. The van der Waals surface area contributed by atoms with Crippen molar-refractivity contribution in [3.05, 3.63) is 52.4 Å². The van der Waals surface area contributed by atoms with Gasteiger partial charge in [-0.25, -0.2) is 0 Å². The highest BCUT2D eigenvalue weighted by Gasteiger charge is 2.32. The smallest absolute Gasteiger partial charge is 0.354 e. The first-order chi connectivity index (χ1) is 11.9. The minimum Gasteiger partial charge on any atom is -0.354 e. The molecule has 5 nitrogen and oxygen atoms in total. The van der Waals surface area contributed by atoms with Gasteiger partial charge in [0.05, 0.1) is 23.4 Å². The number of fused-ring (bicyclic) bond motifs is 5. The Balaban J connectivity index is 2.02. The summed E-state index contributed by atoms with van der Waals surface area (Å²) in [4.78, 5) is 26.2. The number of carbonyl (C=O) groups excluding carboxylic acids is 1. The van der Waals surface area contributed by atoms with Crippen molar-refractivity contribution in [1.29, 1.82) is 0 Å². The number of nitrogens with one attached hydrogen (secondary N) is 3. The Labute approximate surface area is 138 Å². The van der Waals surface area contributed by atoms with Gasteiger partial charge < -0.3 is 10.3 Å².